The summed E-state index contributed by atoms with van der Waals surface area (Å²) in [6.07, 6.45) is 17.0. The zero-order valence-electron chi connectivity index (χ0n) is 11.5. The lowest BCUT2D eigenvalue weighted by Crippen LogP contribution is -2.23. The fraction of sp³-hybridized carbons (Fsp3) is 0.800. The van der Waals surface area contributed by atoms with Crippen LogP contribution >= 0.6 is 0 Å². The molecule has 1 heterocycles. The molecule has 1 saturated carbocycles. The van der Waals surface area contributed by atoms with Gasteiger partial charge in [-0.1, -0.05) is 25.7 Å². The summed E-state index contributed by atoms with van der Waals surface area (Å²) in [6.45, 7) is 3.52. The van der Waals surface area contributed by atoms with Gasteiger partial charge in [0.2, 0.25) is 0 Å². The molecular weight excluding hydrogens is 222 g/mol. The van der Waals surface area contributed by atoms with Crippen LogP contribution in [0.15, 0.2) is 18.7 Å². The second kappa shape index (κ2) is 8.30. The fourth-order valence-corrected chi connectivity index (χ4v) is 2.84. The van der Waals surface area contributed by atoms with Gasteiger partial charge in [-0.3, -0.25) is 0 Å². The van der Waals surface area contributed by atoms with Gasteiger partial charge in [0.25, 0.3) is 0 Å². The van der Waals surface area contributed by atoms with E-state index in [0.717, 1.165) is 12.5 Å². The van der Waals surface area contributed by atoms with E-state index in [-0.39, 0.29) is 0 Å². The van der Waals surface area contributed by atoms with Gasteiger partial charge in [0, 0.05) is 18.9 Å². The fourth-order valence-electron chi connectivity index (χ4n) is 2.84. The van der Waals surface area contributed by atoms with Gasteiger partial charge in [0.15, 0.2) is 0 Å². The van der Waals surface area contributed by atoms with Crippen LogP contribution < -0.4 is 5.32 Å². The van der Waals surface area contributed by atoms with Crippen molar-refractivity contribution in [1.29, 1.82) is 0 Å². The number of aryl methyl sites for hydroxylation is 1. The standard InChI is InChI=1S/C15H27N3/c1-2-4-8-15(7-3-1)13-16-9-5-6-11-18-12-10-17-14-18/h10,12,14-16H,1-9,11,13H2. The minimum absolute atomic E-state index is 0.946. The highest BCUT2D eigenvalue weighted by molar-refractivity contribution is 4.73. The zero-order chi connectivity index (χ0) is 12.5. The van der Waals surface area contributed by atoms with Crippen molar-refractivity contribution in [1.82, 2.24) is 14.9 Å². The number of unbranched alkanes of at least 4 members (excludes halogenated alkanes) is 1. The molecule has 0 spiro atoms. The average molecular weight is 249 g/mol. The Labute approximate surface area is 111 Å². The first-order valence-electron chi connectivity index (χ1n) is 7.61. The van der Waals surface area contributed by atoms with Crippen molar-refractivity contribution in [2.45, 2.75) is 57.9 Å². The van der Waals surface area contributed by atoms with Crippen molar-refractivity contribution >= 4 is 0 Å². The SMILES string of the molecule is c1cn(CCCCNCC2CCCCCC2)cn1. The molecule has 18 heavy (non-hydrogen) atoms. The molecule has 102 valence electrons. The third kappa shape index (κ3) is 5.21. The van der Waals surface area contributed by atoms with Crippen LogP contribution in [0, 0.1) is 5.92 Å². The van der Waals surface area contributed by atoms with E-state index in [1.807, 2.05) is 18.7 Å². The van der Waals surface area contributed by atoms with Crippen molar-refractivity contribution in [2.24, 2.45) is 5.92 Å². The highest BCUT2D eigenvalue weighted by atomic mass is 15.0. The molecule has 2 rings (SSSR count). The summed E-state index contributed by atoms with van der Waals surface area (Å²) >= 11 is 0. The molecule has 3 nitrogen and oxygen atoms in total. The van der Waals surface area contributed by atoms with Gasteiger partial charge in [-0.05, 0) is 44.7 Å². The molecule has 1 N–H and O–H groups in total. The van der Waals surface area contributed by atoms with E-state index >= 15 is 0 Å². The highest BCUT2D eigenvalue weighted by Crippen LogP contribution is 2.21. The molecule has 0 aliphatic heterocycles. The van der Waals surface area contributed by atoms with E-state index in [9.17, 15) is 0 Å². The molecule has 0 aromatic carbocycles. The summed E-state index contributed by atoms with van der Waals surface area (Å²) in [5.41, 5.74) is 0. The summed E-state index contributed by atoms with van der Waals surface area (Å²) in [5.74, 6) is 0.946. The molecule has 0 bridgehead atoms. The van der Waals surface area contributed by atoms with Gasteiger partial charge >= 0.3 is 0 Å². The number of hydrogen-bond donors (Lipinski definition) is 1. The van der Waals surface area contributed by atoms with Crippen molar-refractivity contribution in [2.75, 3.05) is 13.1 Å². The zero-order valence-corrected chi connectivity index (χ0v) is 11.5. The van der Waals surface area contributed by atoms with Crippen LogP contribution in [0.3, 0.4) is 0 Å². The normalized spacial score (nSPS) is 17.8. The first-order valence-corrected chi connectivity index (χ1v) is 7.61. The third-order valence-electron chi connectivity index (χ3n) is 3.99. The number of aromatic nitrogens is 2. The maximum Gasteiger partial charge on any atom is 0.0945 e. The van der Waals surface area contributed by atoms with Gasteiger partial charge in [0.05, 0.1) is 6.33 Å². The van der Waals surface area contributed by atoms with Crippen molar-refractivity contribution in [3.05, 3.63) is 18.7 Å². The van der Waals surface area contributed by atoms with Gasteiger partial charge in [-0.2, -0.15) is 0 Å². The molecule has 1 aromatic heterocycles. The molecule has 0 unspecified atom stereocenters. The Bertz CT molecular complexity index is 287. The maximum atomic E-state index is 4.05. The molecule has 1 aliphatic carbocycles. The lowest BCUT2D eigenvalue weighted by molar-refractivity contribution is 0.420. The van der Waals surface area contributed by atoms with Gasteiger partial charge in [-0.15, -0.1) is 0 Å². The van der Waals surface area contributed by atoms with Crippen LogP contribution in [0.4, 0.5) is 0 Å². The largest absolute Gasteiger partial charge is 0.337 e. The van der Waals surface area contributed by atoms with Crippen molar-refractivity contribution < 1.29 is 0 Å². The molecule has 0 saturated heterocycles. The Morgan fingerprint density at radius 2 is 1.94 bits per heavy atom. The van der Waals surface area contributed by atoms with Gasteiger partial charge in [-0.25, -0.2) is 4.98 Å². The van der Waals surface area contributed by atoms with Crippen LogP contribution in [0.1, 0.15) is 51.4 Å². The molecule has 1 aliphatic rings. The Hall–Kier alpha value is -0.830. The second-order valence-electron chi connectivity index (χ2n) is 5.57. The molecule has 3 heteroatoms. The van der Waals surface area contributed by atoms with E-state index in [1.165, 1.54) is 64.5 Å². The Kier molecular flexibility index (Phi) is 6.27. The lowest BCUT2D eigenvalue weighted by Gasteiger charge is -2.14. The molecule has 0 atom stereocenters. The Morgan fingerprint density at radius 3 is 2.67 bits per heavy atom. The minimum atomic E-state index is 0.946. The van der Waals surface area contributed by atoms with E-state index < -0.39 is 0 Å². The van der Waals surface area contributed by atoms with E-state index in [2.05, 4.69) is 14.9 Å². The third-order valence-corrected chi connectivity index (χ3v) is 3.99. The van der Waals surface area contributed by atoms with E-state index in [1.54, 1.807) is 0 Å². The van der Waals surface area contributed by atoms with Gasteiger partial charge in [0.1, 0.15) is 0 Å². The summed E-state index contributed by atoms with van der Waals surface area (Å²) in [7, 11) is 0. The molecule has 1 aromatic rings. The summed E-state index contributed by atoms with van der Waals surface area (Å²) in [6, 6.07) is 0. The average Bonchev–Trinajstić information content (AvgIpc) is 2.76. The van der Waals surface area contributed by atoms with Crippen molar-refractivity contribution in [3.63, 3.8) is 0 Å². The van der Waals surface area contributed by atoms with Crippen LogP contribution in [0.25, 0.3) is 0 Å². The topological polar surface area (TPSA) is 29.9 Å². The lowest BCUT2D eigenvalue weighted by atomic mass is 10.0. The number of nitrogens with zero attached hydrogens (tertiary/aromatic N) is 2. The summed E-state index contributed by atoms with van der Waals surface area (Å²) in [4.78, 5) is 4.05. The Balaban J connectivity index is 1.45. The number of imidazole rings is 1. The Morgan fingerprint density at radius 1 is 1.11 bits per heavy atom. The van der Waals surface area contributed by atoms with E-state index in [0.29, 0.717) is 0 Å². The smallest absolute Gasteiger partial charge is 0.0945 e. The monoisotopic (exact) mass is 249 g/mol. The quantitative estimate of drug-likeness (QED) is 0.594. The second-order valence-corrected chi connectivity index (χ2v) is 5.57. The predicted octanol–water partition coefficient (Wildman–Crippen LogP) is 3.22. The van der Waals surface area contributed by atoms with Crippen LogP contribution in [-0.4, -0.2) is 22.6 Å². The first-order chi connectivity index (χ1) is 8.95. The number of nitrogens with one attached hydrogen (secondary N) is 1. The maximum absolute atomic E-state index is 4.05. The molecule has 1 fully saturated rings. The molecular formula is C15H27N3. The minimum Gasteiger partial charge on any atom is -0.337 e. The number of hydrogen-bond acceptors (Lipinski definition) is 2. The van der Waals surface area contributed by atoms with Gasteiger partial charge < -0.3 is 9.88 Å². The van der Waals surface area contributed by atoms with E-state index in [4.69, 9.17) is 0 Å². The number of rotatable bonds is 7. The summed E-state index contributed by atoms with van der Waals surface area (Å²) in [5, 5.41) is 3.64. The van der Waals surface area contributed by atoms with Crippen LogP contribution in [0.5, 0.6) is 0 Å². The summed E-state index contributed by atoms with van der Waals surface area (Å²) < 4.78 is 2.16. The molecule has 0 amide bonds. The highest BCUT2D eigenvalue weighted by Gasteiger charge is 2.10. The molecule has 0 radical (unpaired) electrons. The van der Waals surface area contributed by atoms with Crippen LogP contribution in [-0.2, 0) is 6.54 Å². The van der Waals surface area contributed by atoms with Crippen LogP contribution in [0.2, 0.25) is 0 Å². The first kappa shape index (κ1) is 13.6. The van der Waals surface area contributed by atoms with Crippen molar-refractivity contribution in [3.8, 4) is 0 Å². The predicted molar refractivity (Wildman–Crippen MR) is 75.5 cm³/mol.